The van der Waals surface area contributed by atoms with Crippen LogP contribution in [0.3, 0.4) is 0 Å². The summed E-state index contributed by atoms with van der Waals surface area (Å²) in [5, 5.41) is 0. The first-order valence-corrected chi connectivity index (χ1v) is 10.5. The molecular formula is C24H30O10. The maximum atomic E-state index is 12.0. The van der Waals surface area contributed by atoms with Crippen LogP contribution in [0.1, 0.15) is 28.9 Å². The third-order valence-electron chi connectivity index (χ3n) is 5.12. The molecule has 0 spiro atoms. The lowest BCUT2D eigenvalue weighted by Gasteiger charge is -2.35. The van der Waals surface area contributed by atoms with Gasteiger partial charge in [-0.15, -0.1) is 0 Å². The molecule has 10 nitrogen and oxygen atoms in total. The van der Waals surface area contributed by atoms with Crippen LogP contribution in [0.15, 0.2) is 24.3 Å². The molecule has 186 valence electrons. The summed E-state index contributed by atoms with van der Waals surface area (Å²) in [5.41, 5.74) is 1.12. The molecule has 0 saturated heterocycles. The normalized spacial score (nSPS) is 16.6. The summed E-state index contributed by atoms with van der Waals surface area (Å²) in [6, 6.07) is 6.78. The summed E-state index contributed by atoms with van der Waals surface area (Å²) in [7, 11) is 7.60. The summed E-state index contributed by atoms with van der Waals surface area (Å²) in [6.07, 6.45) is -1.23. The first-order chi connectivity index (χ1) is 16.5. The quantitative estimate of drug-likeness (QED) is 0.256. The Morgan fingerprint density at radius 2 is 1.50 bits per heavy atom. The monoisotopic (exact) mass is 478 g/mol. The lowest BCUT2D eigenvalue weighted by Crippen LogP contribution is -2.37. The third kappa shape index (κ3) is 5.46. The highest BCUT2D eigenvalue weighted by atomic mass is 16.7. The molecule has 0 aliphatic carbocycles. The van der Waals surface area contributed by atoms with Gasteiger partial charge in [0.25, 0.3) is 0 Å². The van der Waals surface area contributed by atoms with Gasteiger partial charge in [-0.05, 0) is 31.2 Å². The van der Waals surface area contributed by atoms with Gasteiger partial charge in [0.2, 0.25) is 11.5 Å². The highest BCUT2D eigenvalue weighted by molar-refractivity contribution is 5.95. The Morgan fingerprint density at radius 3 is 2.06 bits per heavy atom. The fourth-order valence-corrected chi connectivity index (χ4v) is 3.54. The fraction of sp³-hybridized carbons (Fsp3) is 0.458. The Morgan fingerprint density at radius 1 is 0.853 bits per heavy atom. The van der Waals surface area contributed by atoms with Gasteiger partial charge in [0.05, 0.1) is 27.9 Å². The number of hydrogen-bond donors (Lipinski definition) is 0. The molecule has 0 saturated carbocycles. The zero-order valence-corrected chi connectivity index (χ0v) is 20.2. The van der Waals surface area contributed by atoms with Gasteiger partial charge in [-0.2, -0.15) is 0 Å². The number of carbonyl (C=O) groups excluding carboxylic acids is 1. The van der Waals surface area contributed by atoms with Crippen molar-refractivity contribution in [2.45, 2.75) is 19.1 Å². The lowest BCUT2D eigenvalue weighted by molar-refractivity contribution is -0.0874. The molecule has 0 N–H and O–H groups in total. The van der Waals surface area contributed by atoms with Gasteiger partial charge in [-0.25, -0.2) is 0 Å². The molecule has 2 atom stereocenters. The van der Waals surface area contributed by atoms with Crippen LogP contribution in [0.25, 0.3) is 0 Å². The van der Waals surface area contributed by atoms with Crippen molar-refractivity contribution in [3.05, 3.63) is 35.4 Å². The van der Waals surface area contributed by atoms with E-state index < -0.39 is 12.2 Å². The van der Waals surface area contributed by atoms with E-state index in [-0.39, 0.29) is 26.0 Å². The summed E-state index contributed by atoms with van der Waals surface area (Å²) in [5.74, 6) is 2.25. The van der Waals surface area contributed by atoms with Gasteiger partial charge in [0.15, 0.2) is 47.8 Å². The number of fused-ring (bicyclic) bond motifs is 1. The van der Waals surface area contributed by atoms with Crippen molar-refractivity contribution >= 4 is 5.78 Å². The van der Waals surface area contributed by atoms with Crippen LogP contribution in [-0.4, -0.2) is 67.6 Å². The molecule has 0 bridgehead atoms. The van der Waals surface area contributed by atoms with Crippen molar-refractivity contribution in [3.8, 4) is 34.5 Å². The molecule has 1 heterocycles. The van der Waals surface area contributed by atoms with E-state index >= 15 is 0 Å². The van der Waals surface area contributed by atoms with Gasteiger partial charge in [-0.3, -0.25) is 4.79 Å². The van der Waals surface area contributed by atoms with Crippen LogP contribution >= 0.6 is 0 Å². The first-order valence-electron chi connectivity index (χ1n) is 10.5. The van der Waals surface area contributed by atoms with Gasteiger partial charge in [0.1, 0.15) is 6.79 Å². The smallest absolute Gasteiger partial charge is 0.206 e. The van der Waals surface area contributed by atoms with E-state index in [0.29, 0.717) is 45.6 Å². The maximum absolute atomic E-state index is 12.0. The molecule has 1 aliphatic heterocycles. The SMILES string of the molecule is COCOC[C@@H]1Oc2c(OC)cc(C(C)=O)cc2O[C@H]1c1cc(OC)c(OCOC)c(OC)c1. The standard InChI is InChI=1S/C24H30O10/c1-14(25)15-7-19(30-6)24-20(8-15)33-22(21(34-24)11-31-12-26-2)16-9-17(28-4)23(32-13-27-3)18(10-16)29-5/h7-10,21-22H,11-13H2,1-6H3/t21-,22-/m0/s1. The van der Waals surface area contributed by atoms with E-state index in [1.165, 1.54) is 42.5 Å². The number of ether oxygens (including phenoxy) is 9. The number of rotatable bonds is 12. The zero-order valence-electron chi connectivity index (χ0n) is 20.2. The Hall–Kier alpha value is -3.21. The van der Waals surface area contributed by atoms with E-state index in [2.05, 4.69) is 0 Å². The minimum atomic E-state index is -0.643. The minimum Gasteiger partial charge on any atom is -0.493 e. The molecule has 0 fully saturated rings. The Balaban J connectivity index is 2.07. The highest BCUT2D eigenvalue weighted by Crippen LogP contribution is 2.48. The molecular weight excluding hydrogens is 448 g/mol. The minimum absolute atomic E-state index is 0.0174. The van der Waals surface area contributed by atoms with Crippen LogP contribution in [0.2, 0.25) is 0 Å². The highest BCUT2D eigenvalue weighted by Gasteiger charge is 2.37. The summed E-state index contributed by atoms with van der Waals surface area (Å²) < 4.78 is 50.4. The number of hydrogen-bond acceptors (Lipinski definition) is 10. The molecule has 3 rings (SSSR count). The second-order valence-corrected chi connectivity index (χ2v) is 7.34. The van der Waals surface area contributed by atoms with Crippen LogP contribution < -0.4 is 28.4 Å². The zero-order chi connectivity index (χ0) is 24.7. The molecule has 2 aromatic rings. The van der Waals surface area contributed by atoms with Crippen molar-refractivity contribution in [2.24, 2.45) is 0 Å². The van der Waals surface area contributed by atoms with Crippen LogP contribution in [-0.2, 0) is 14.2 Å². The largest absolute Gasteiger partial charge is 0.493 e. The lowest BCUT2D eigenvalue weighted by atomic mass is 10.0. The van der Waals surface area contributed by atoms with Gasteiger partial charge < -0.3 is 42.6 Å². The average Bonchev–Trinajstić information content (AvgIpc) is 2.85. The maximum Gasteiger partial charge on any atom is 0.206 e. The predicted octanol–water partition coefficient (Wildman–Crippen LogP) is 3.40. The summed E-state index contributed by atoms with van der Waals surface area (Å²) >= 11 is 0. The number of carbonyl (C=O) groups is 1. The Labute approximate surface area is 198 Å². The molecule has 0 radical (unpaired) electrons. The Kier molecular flexibility index (Phi) is 8.80. The molecule has 0 aromatic heterocycles. The second-order valence-electron chi connectivity index (χ2n) is 7.34. The predicted molar refractivity (Wildman–Crippen MR) is 121 cm³/mol. The van der Waals surface area contributed by atoms with Crippen molar-refractivity contribution < 1.29 is 47.4 Å². The van der Waals surface area contributed by atoms with Crippen LogP contribution in [0, 0.1) is 0 Å². The van der Waals surface area contributed by atoms with Gasteiger partial charge in [0, 0.05) is 25.3 Å². The molecule has 0 amide bonds. The van der Waals surface area contributed by atoms with E-state index in [1.54, 1.807) is 24.3 Å². The van der Waals surface area contributed by atoms with E-state index in [4.69, 9.17) is 42.6 Å². The fourth-order valence-electron chi connectivity index (χ4n) is 3.54. The topological polar surface area (TPSA) is 100 Å². The number of ketones is 1. The summed E-state index contributed by atoms with van der Waals surface area (Å²) in [6.45, 7) is 1.72. The second kappa shape index (κ2) is 11.8. The molecule has 0 unspecified atom stereocenters. The molecule has 2 aromatic carbocycles. The van der Waals surface area contributed by atoms with Crippen LogP contribution in [0.4, 0.5) is 0 Å². The van der Waals surface area contributed by atoms with Crippen LogP contribution in [0.5, 0.6) is 34.5 Å². The van der Waals surface area contributed by atoms with E-state index in [0.717, 1.165) is 0 Å². The first kappa shape index (κ1) is 25.4. The number of benzene rings is 2. The Bertz CT molecular complexity index is 965. The van der Waals surface area contributed by atoms with Crippen molar-refractivity contribution in [2.75, 3.05) is 55.7 Å². The summed E-state index contributed by atoms with van der Waals surface area (Å²) in [4.78, 5) is 12.0. The van der Waals surface area contributed by atoms with Gasteiger partial charge >= 0.3 is 0 Å². The molecule has 34 heavy (non-hydrogen) atoms. The number of Topliss-reactive ketones (excluding diaryl/α,β-unsaturated/α-hetero) is 1. The van der Waals surface area contributed by atoms with Gasteiger partial charge in [-0.1, -0.05) is 0 Å². The molecule has 10 heteroatoms. The van der Waals surface area contributed by atoms with Crippen molar-refractivity contribution in [3.63, 3.8) is 0 Å². The van der Waals surface area contributed by atoms with Crippen molar-refractivity contribution in [1.29, 1.82) is 0 Å². The molecule has 1 aliphatic rings. The average molecular weight is 478 g/mol. The van der Waals surface area contributed by atoms with E-state index in [1.807, 2.05) is 0 Å². The number of methoxy groups -OCH3 is 5. The van der Waals surface area contributed by atoms with E-state index in [9.17, 15) is 4.79 Å². The third-order valence-corrected chi connectivity index (χ3v) is 5.12. The van der Waals surface area contributed by atoms with Crippen molar-refractivity contribution in [1.82, 2.24) is 0 Å².